The van der Waals surface area contributed by atoms with Crippen molar-refractivity contribution in [2.45, 2.75) is 37.8 Å². The molecule has 0 aliphatic carbocycles. The van der Waals surface area contributed by atoms with E-state index in [0.29, 0.717) is 12.0 Å². The van der Waals surface area contributed by atoms with Crippen LogP contribution in [0.15, 0.2) is 22.7 Å². The Hall–Kier alpha value is -0.490. The fourth-order valence-electron chi connectivity index (χ4n) is 2.45. The third-order valence-electron chi connectivity index (χ3n) is 3.62. The number of benzene rings is 1. The minimum absolute atomic E-state index is 0.0937. The zero-order valence-electron chi connectivity index (χ0n) is 10.4. The summed E-state index contributed by atoms with van der Waals surface area (Å²) < 4.78 is 20.4. The number of rotatable bonds is 4. The van der Waals surface area contributed by atoms with Gasteiger partial charge in [-0.05, 0) is 49.9 Å². The highest BCUT2D eigenvalue weighted by atomic mass is 79.9. The summed E-state index contributed by atoms with van der Waals surface area (Å²) in [7, 11) is 0. The normalized spacial score (nSPS) is 25.3. The van der Waals surface area contributed by atoms with E-state index in [4.69, 9.17) is 10.6 Å². The van der Waals surface area contributed by atoms with Gasteiger partial charge < -0.3 is 4.74 Å². The predicted molar refractivity (Wildman–Crippen MR) is 72.5 cm³/mol. The summed E-state index contributed by atoms with van der Waals surface area (Å²) in [5.74, 6) is 5.40. The van der Waals surface area contributed by atoms with Crippen molar-refractivity contribution >= 4 is 15.9 Å². The van der Waals surface area contributed by atoms with Crippen LogP contribution in [0.5, 0.6) is 0 Å². The average molecular weight is 317 g/mol. The van der Waals surface area contributed by atoms with Crippen molar-refractivity contribution in [3.8, 4) is 0 Å². The molecule has 0 spiro atoms. The van der Waals surface area contributed by atoms with Crippen LogP contribution in [0.25, 0.3) is 0 Å². The topological polar surface area (TPSA) is 47.3 Å². The fraction of sp³-hybridized carbons (Fsp3) is 0.538. The zero-order valence-corrected chi connectivity index (χ0v) is 12.0. The van der Waals surface area contributed by atoms with Crippen LogP contribution in [0.2, 0.25) is 0 Å². The Labute approximate surface area is 115 Å². The van der Waals surface area contributed by atoms with Crippen molar-refractivity contribution < 1.29 is 9.13 Å². The summed E-state index contributed by atoms with van der Waals surface area (Å²) >= 11 is 3.36. The zero-order chi connectivity index (χ0) is 13.2. The minimum atomic E-state index is -0.316. The van der Waals surface area contributed by atoms with Crippen LogP contribution in [0, 0.1) is 5.82 Å². The van der Waals surface area contributed by atoms with Crippen LogP contribution in [-0.4, -0.2) is 18.2 Å². The molecule has 1 aromatic carbocycles. The second kappa shape index (κ2) is 5.65. The average Bonchev–Trinajstić information content (AvgIpc) is 2.78. The molecular weight excluding hydrogens is 299 g/mol. The lowest BCUT2D eigenvalue weighted by atomic mass is 9.88. The quantitative estimate of drug-likeness (QED) is 0.663. The molecule has 0 saturated carbocycles. The van der Waals surface area contributed by atoms with E-state index >= 15 is 0 Å². The second-order valence-electron chi connectivity index (χ2n) is 4.92. The van der Waals surface area contributed by atoms with E-state index in [1.54, 1.807) is 12.1 Å². The maximum absolute atomic E-state index is 13.7. The predicted octanol–water partition coefficient (Wildman–Crippen LogP) is 2.53. The smallest absolute Gasteiger partial charge is 0.126 e. The monoisotopic (exact) mass is 316 g/mol. The summed E-state index contributed by atoms with van der Waals surface area (Å²) in [6.45, 7) is 2.77. The van der Waals surface area contributed by atoms with Gasteiger partial charge in [0.1, 0.15) is 5.82 Å². The van der Waals surface area contributed by atoms with E-state index in [1.807, 2.05) is 6.92 Å². The van der Waals surface area contributed by atoms with Gasteiger partial charge in [0.2, 0.25) is 0 Å². The molecular formula is C13H18BrFN2O. The number of ether oxygens (including phenoxy) is 1. The van der Waals surface area contributed by atoms with Gasteiger partial charge in [-0.15, -0.1) is 0 Å². The highest BCUT2D eigenvalue weighted by Gasteiger charge is 2.38. The van der Waals surface area contributed by atoms with E-state index in [2.05, 4.69) is 21.4 Å². The van der Waals surface area contributed by atoms with E-state index in [0.717, 1.165) is 23.9 Å². The minimum Gasteiger partial charge on any atom is -0.374 e. The molecule has 1 heterocycles. The molecule has 2 atom stereocenters. The van der Waals surface area contributed by atoms with Crippen molar-refractivity contribution in [1.29, 1.82) is 0 Å². The number of hydrogen-bond donors (Lipinski definition) is 2. The molecule has 3 nitrogen and oxygen atoms in total. The molecule has 1 saturated heterocycles. The van der Waals surface area contributed by atoms with Crippen LogP contribution in [-0.2, 0) is 11.2 Å². The molecule has 0 bridgehead atoms. The molecule has 1 aromatic rings. The molecule has 18 heavy (non-hydrogen) atoms. The molecule has 3 N–H and O–H groups in total. The standard InChI is InChI=1S/C13H18BrFN2O/c1-13(5-2-6-18-13)12(17-16)8-9-7-10(14)3-4-11(9)15/h3-4,7,12,17H,2,5-6,8,16H2,1H3. The van der Waals surface area contributed by atoms with E-state index in [9.17, 15) is 4.39 Å². The van der Waals surface area contributed by atoms with Gasteiger partial charge in [-0.25, -0.2) is 4.39 Å². The van der Waals surface area contributed by atoms with Gasteiger partial charge in [0.15, 0.2) is 0 Å². The first kappa shape index (κ1) is 13.9. The van der Waals surface area contributed by atoms with Crippen molar-refractivity contribution in [2.75, 3.05) is 6.61 Å². The van der Waals surface area contributed by atoms with Crippen LogP contribution >= 0.6 is 15.9 Å². The maximum atomic E-state index is 13.7. The first-order valence-electron chi connectivity index (χ1n) is 6.09. The van der Waals surface area contributed by atoms with Crippen LogP contribution < -0.4 is 11.3 Å². The van der Waals surface area contributed by atoms with Crippen molar-refractivity contribution in [3.63, 3.8) is 0 Å². The van der Waals surface area contributed by atoms with Gasteiger partial charge in [0.05, 0.1) is 11.6 Å². The third kappa shape index (κ3) is 2.91. The summed E-state index contributed by atoms with van der Waals surface area (Å²) in [4.78, 5) is 0. The Balaban J connectivity index is 2.17. The SMILES string of the molecule is CC1(C(Cc2cc(Br)ccc2F)NN)CCCO1. The molecule has 1 aliphatic heterocycles. The molecule has 5 heteroatoms. The van der Waals surface area contributed by atoms with Crippen LogP contribution in [0.4, 0.5) is 4.39 Å². The highest BCUT2D eigenvalue weighted by molar-refractivity contribution is 9.10. The summed E-state index contributed by atoms with van der Waals surface area (Å²) in [5.41, 5.74) is 3.10. The first-order chi connectivity index (χ1) is 8.55. The van der Waals surface area contributed by atoms with Gasteiger partial charge in [0.25, 0.3) is 0 Å². The van der Waals surface area contributed by atoms with E-state index in [1.165, 1.54) is 6.07 Å². The van der Waals surface area contributed by atoms with Gasteiger partial charge in [0, 0.05) is 11.1 Å². The number of hydrazine groups is 1. The van der Waals surface area contributed by atoms with Crippen LogP contribution in [0.3, 0.4) is 0 Å². The summed E-state index contributed by atoms with van der Waals surface area (Å²) in [6, 6.07) is 4.85. The largest absolute Gasteiger partial charge is 0.374 e. The number of hydrogen-bond acceptors (Lipinski definition) is 3. The van der Waals surface area contributed by atoms with E-state index < -0.39 is 0 Å². The molecule has 100 valence electrons. The van der Waals surface area contributed by atoms with Gasteiger partial charge >= 0.3 is 0 Å². The molecule has 1 fully saturated rings. The third-order valence-corrected chi connectivity index (χ3v) is 4.11. The van der Waals surface area contributed by atoms with E-state index in [-0.39, 0.29) is 17.5 Å². The van der Waals surface area contributed by atoms with Gasteiger partial charge in [-0.2, -0.15) is 0 Å². The molecule has 2 unspecified atom stereocenters. The Morgan fingerprint density at radius 3 is 3.00 bits per heavy atom. The van der Waals surface area contributed by atoms with Crippen molar-refractivity contribution in [2.24, 2.45) is 5.84 Å². The van der Waals surface area contributed by atoms with Gasteiger partial charge in [-0.1, -0.05) is 15.9 Å². The fourth-order valence-corrected chi connectivity index (χ4v) is 2.85. The van der Waals surface area contributed by atoms with Crippen LogP contribution in [0.1, 0.15) is 25.3 Å². The number of nitrogens with one attached hydrogen (secondary N) is 1. The van der Waals surface area contributed by atoms with Crippen molar-refractivity contribution in [1.82, 2.24) is 5.43 Å². The van der Waals surface area contributed by atoms with Gasteiger partial charge in [-0.3, -0.25) is 11.3 Å². The Morgan fingerprint density at radius 1 is 1.61 bits per heavy atom. The van der Waals surface area contributed by atoms with Crippen molar-refractivity contribution in [3.05, 3.63) is 34.1 Å². The Kier molecular flexibility index (Phi) is 4.37. The molecule has 1 aliphatic rings. The Bertz CT molecular complexity index is 421. The molecule has 0 aromatic heterocycles. The first-order valence-corrected chi connectivity index (χ1v) is 6.88. The molecule has 0 radical (unpaired) electrons. The summed E-state index contributed by atoms with van der Waals surface area (Å²) in [5, 5.41) is 0. The lowest BCUT2D eigenvalue weighted by molar-refractivity contribution is -0.0116. The molecule has 2 rings (SSSR count). The highest BCUT2D eigenvalue weighted by Crippen LogP contribution is 2.30. The second-order valence-corrected chi connectivity index (χ2v) is 5.84. The number of halogens is 2. The summed E-state index contributed by atoms with van der Waals surface area (Å²) in [6.07, 6.45) is 2.48. The maximum Gasteiger partial charge on any atom is 0.126 e. The lowest BCUT2D eigenvalue weighted by Crippen LogP contribution is -2.52. The Morgan fingerprint density at radius 2 is 2.39 bits per heavy atom. The molecule has 0 amide bonds. The lowest BCUT2D eigenvalue weighted by Gasteiger charge is -2.33. The number of nitrogens with two attached hydrogens (primary N) is 1.